The normalized spacial score (nSPS) is 12.9. The minimum Gasteiger partial charge on any atom is -0.744 e. The van der Waals surface area contributed by atoms with E-state index in [1.807, 2.05) is 48.5 Å². The summed E-state index contributed by atoms with van der Waals surface area (Å²) in [6.45, 7) is 0. The van der Waals surface area contributed by atoms with Crippen LogP contribution in [0.1, 0.15) is 45.0 Å². The number of rotatable bonds is 5. The molecule has 12 heteroatoms. The summed E-state index contributed by atoms with van der Waals surface area (Å²) in [4.78, 5) is 6.91. The molecule has 5 heterocycles. The van der Waals surface area contributed by atoms with E-state index in [0.717, 1.165) is 74.2 Å². The topological polar surface area (TPSA) is 88.8 Å². The molecule has 1 aliphatic heterocycles. The quantitative estimate of drug-likeness (QED) is 0.203. The first kappa shape index (κ1) is 37.9. The molecule has 0 saturated carbocycles. The van der Waals surface area contributed by atoms with Crippen molar-refractivity contribution in [3.05, 3.63) is 226 Å². The van der Waals surface area contributed by atoms with Gasteiger partial charge in [0.25, 0.3) is 0 Å². The summed E-state index contributed by atoms with van der Waals surface area (Å²) >= 11 is 3.03. The molecule has 4 aromatic carbocycles. The molecule has 2 N–H and O–H groups in total. The number of hydrogen-bond acceptors (Lipinski definition) is 5. The van der Waals surface area contributed by atoms with Gasteiger partial charge in [-0.05, 0) is 119 Å². The Bertz CT molecular complexity index is 3130. The maximum absolute atomic E-state index is 14.3. The third-order valence-electron chi connectivity index (χ3n) is 9.48. The zero-order valence-corrected chi connectivity index (χ0v) is 33.9. The van der Waals surface area contributed by atoms with Gasteiger partial charge in [0.05, 0.1) is 4.90 Å². The summed E-state index contributed by atoms with van der Waals surface area (Å²) in [5.41, 5.74) is 9.29. The summed E-state index contributed by atoms with van der Waals surface area (Å²) in [6, 6.07) is 40.6. The summed E-state index contributed by atoms with van der Waals surface area (Å²) < 4.78 is 81.8. The van der Waals surface area contributed by atoms with Crippen LogP contribution >= 0.6 is 22.7 Å². The Hall–Kier alpha value is -4.98. The number of aromatic nitrogens is 2. The Kier molecular flexibility index (Phi) is 10.3. The first-order chi connectivity index (χ1) is 26.6. The third kappa shape index (κ3) is 7.23. The molecule has 5 nitrogen and oxygen atoms in total. The molecule has 9 rings (SSSR count). The van der Waals surface area contributed by atoms with Crippen LogP contribution in [-0.2, 0) is 10.1 Å². The molecule has 4 aromatic heterocycles. The van der Waals surface area contributed by atoms with Crippen LogP contribution in [0.15, 0.2) is 150 Å². The Morgan fingerprint density at radius 3 is 0.893 bits per heavy atom. The molecule has 270 valence electrons. The molecule has 0 aliphatic carbocycles. The summed E-state index contributed by atoms with van der Waals surface area (Å²) in [7, 11) is -4.67. The van der Waals surface area contributed by atoms with E-state index in [1.165, 1.54) is 71.2 Å². The van der Waals surface area contributed by atoms with E-state index >= 15 is 0 Å². The van der Waals surface area contributed by atoms with Crippen molar-refractivity contribution in [1.29, 1.82) is 0 Å². The SMILES string of the molecule is O=S(=O)([O-])c1ccc(C2=c3ccc(s3)=C(c3ccc(F)cc3)c3ccc([nH]3)C(c3ccc(F)cc3)=c3ccc(s3)=C(c3ccc(F)cc3)c3ccc2[nH]3)cc1.[Na+]. The van der Waals surface area contributed by atoms with Crippen LogP contribution < -0.4 is 47.7 Å². The van der Waals surface area contributed by atoms with E-state index in [1.54, 1.807) is 48.5 Å². The molecule has 1 aliphatic rings. The number of fused-ring (bicyclic) bond motifs is 8. The molecule has 0 fully saturated rings. The van der Waals surface area contributed by atoms with Crippen LogP contribution in [-0.4, -0.2) is 22.9 Å². The van der Waals surface area contributed by atoms with Gasteiger partial charge < -0.3 is 14.5 Å². The summed E-state index contributed by atoms with van der Waals surface area (Å²) in [5, 5.41) is 0. The first-order valence-electron chi connectivity index (χ1n) is 17.0. The third-order valence-corrected chi connectivity index (χ3v) is 12.6. The first-order valence-corrected chi connectivity index (χ1v) is 20.1. The average molecular weight is 807 g/mol. The van der Waals surface area contributed by atoms with Crippen molar-refractivity contribution < 1.29 is 55.7 Å². The van der Waals surface area contributed by atoms with Crippen molar-refractivity contribution >= 4 is 55.1 Å². The van der Waals surface area contributed by atoms with Gasteiger partial charge in [-0.1, -0.05) is 48.5 Å². The number of aromatic amines is 2. The summed E-state index contributed by atoms with van der Waals surface area (Å²) in [6.07, 6.45) is 0. The van der Waals surface area contributed by atoms with Crippen molar-refractivity contribution in [3.63, 3.8) is 0 Å². The Morgan fingerprint density at radius 2 is 0.643 bits per heavy atom. The van der Waals surface area contributed by atoms with Gasteiger partial charge in [-0.25, -0.2) is 21.6 Å². The molecule has 0 amide bonds. The number of halogens is 3. The number of H-pyrrole nitrogens is 2. The molecular weight excluding hydrogens is 781 g/mol. The largest absolute Gasteiger partial charge is 1.00 e. The van der Waals surface area contributed by atoms with Crippen LogP contribution in [0.3, 0.4) is 0 Å². The van der Waals surface area contributed by atoms with Crippen LogP contribution in [0.5, 0.6) is 0 Å². The Morgan fingerprint density at radius 1 is 0.393 bits per heavy atom. The van der Waals surface area contributed by atoms with Crippen LogP contribution in [0.2, 0.25) is 0 Å². The molecule has 56 heavy (non-hydrogen) atoms. The van der Waals surface area contributed by atoms with Crippen LogP contribution in [0.25, 0.3) is 22.3 Å². The van der Waals surface area contributed by atoms with E-state index < -0.39 is 10.1 Å². The maximum atomic E-state index is 14.3. The molecule has 0 saturated heterocycles. The zero-order valence-electron chi connectivity index (χ0n) is 29.4. The molecule has 8 aromatic rings. The second kappa shape index (κ2) is 15.2. The molecule has 8 bridgehead atoms. The monoisotopic (exact) mass is 806 g/mol. The van der Waals surface area contributed by atoms with Crippen molar-refractivity contribution in [3.8, 4) is 0 Å². The average Bonchev–Trinajstić information content (AvgIpc) is 4.01. The standard InChI is InChI=1S/C44H27F3N2O3S3.Na/c45-29-9-1-25(2-10-29)41-33-17-18-34(48-33)42(26-3-11-30(46)12-4-26)39-23-24-40(54-39)44(28-7-15-32(16-8-28)55(50,51)52)36-20-19-35(49-36)43(38-22-21-37(41)53-38)27-5-13-31(47)14-6-27;/h1-24,48-49H,(H,50,51,52);/q;+1/p-1. The van der Waals surface area contributed by atoms with E-state index in [4.69, 9.17) is 0 Å². The van der Waals surface area contributed by atoms with Crippen LogP contribution in [0.4, 0.5) is 13.2 Å². The second-order valence-electron chi connectivity index (χ2n) is 12.9. The molecular formula is C44H26F3N2NaO3S3. The molecule has 0 unspecified atom stereocenters. The maximum Gasteiger partial charge on any atom is 1.00 e. The van der Waals surface area contributed by atoms with Crippen molar-refractivity contribution in [2.45, 2.75) is 4.90 Å². The predicted molar refractivity (Wildman–Crippen MR) is 209 cm³/mol. The van der Waals surface area contributed by atoms with Crippen LogP contribution in [0, 0.1) is 17.5 Å². The second-order valence-corrected chi connectivity index (χ2v) is 16.4. The van der Waals surface area contributed by atoms with Gasteiger partial charge in [0.15, 0.2) is 0 Å². The van der Waals surface area contributed by atoms with Crippen molar-refractivity contribution in [1.82, 2.24) is 9.97 Å². The fourth-order valence-electron chi connectivity index (χ4n) is 6.95. The van der Waals surface area contributed by atoms with Gasteiger partial charge in [-0.2, -0.15) is 0 Å². The number of hydrogen-bond donors (Lipinski definition) is 2. The smallest absolute Gasteiger partial charge is 0.744 e. The van der Waals surface area contributed by atoms with E-state index in [-0.39, 0.29) is 51.9 Å². The van der Waals surface area contributed by atoms with E-state index in [0.29, 0.717) is 11.3 Å². The van der Waals surface area contributed by atoms with Gasteiger partial charge in [0.1, 0.15) is 27.6 Å². The van der Waals surface area contributed by atoms with E-state index in [9.17, 15) is 26.1 Å². The zero-order chi connectivity index (χ0) is 37.8. The van der Waals surface area contributed by atoms with E-state index in [2.05, 4.69) is 9.97 Å². The minimum atomic E-state index is -4.67. The molecule has 0 spiro atoms. The van der Waals surface area contributed by atoms with Crippen molar-refractivity contribution in [2.75, 3.05) is 0 Å². The van der Waals surface area contributed by atoms with Gasteiger partial charge in [0, 0.05) is 63.2 Å². The number of nitrogens with one attached hydrogen (secondary N) is 2. The molecule has 0 atom stereocenters. The van der Waals surface area contributed by atoms with Gasteiger partial charge in [-0.15, -0.1) is 22.7 Å². The van der Waals surface area contributed by atoms with Gasteiger partial charge in [0.2, 0.25) is 0 Å². The predicted octanol–water partition coefficient (Wildman–Crippen LogP) is 4.09. The molecule has 0 radical (unpaired) electrons. The summed E-state index contributed by atoms with van der Waals surface area (Å²) in [5.74, 6) is -1.08. The fourth-order valence-corrected chi connectivity index (χ4v) is 9.75. The Labute approximate surface area is 349 Å². The number of thiophene rings is 2. The van der Waals surface area contributed by atoms with Crippen molar-refractivity contribution in [2.24, 2.45) is 0 Å². The van der Waals surface area contributed by atoms with Gasteiger partial charge in [-0.3, -0.25) is 0 Å². The number of benzene rings is 4. The minimum absolute atomic E-state index is 0. The fraction of sp³-hybridized carbons (Fsp3) is 0. The van der Waals surface area contributed by atoms with Gasteiger partial charge >= 0.3 is 29.6 Å². The Balaban J connectivity index is 0.00000441.